The van der Waals surface area contributed by atoms with Crippen LogP contribution in [0.5, 0.6) is 0 Å². The van der Waals surface area contributed by atoms with Crippen molar-refractivity contribution in [3.8, 4) is 0 Å². The lowest BCUT2D eigenvalue weighted by Crippen LogP contribution is -2.37. The summed E-state index contributed by atoms with van der Waals surface area (Å²) >= 11 is 1.78. The van der Waals surface area contributed by atoms with Crippen LogP contribution in [0.3, 0.4) is 0 Å². The van der Waals surface area contributed by atoms with Gasteiger partial charge in [0, 0.05) is 23.0 Å². The van der Waals surface area contributed by atoms with Gasteiger partial charge in [-0.05, 0) is 33.6 Å². The maximum atomic E-state index is 6.04. The van der Waals surface area contributed by atoms with Gasteiger partial charge in [0.1, 0.15) is 0 Å². The highest BCUT2D eigenvalue weighted by Crippen LogP contribution is 2.32. The van der Waals surface area contributed by atoms with Crippen molar-refractivity contribution >= 4 is 11.3 Å². The molecule has 15 heavy (non-hydrogen) atoms. The molecular weight excluding hydrogens is 206 g/mol. The SMILES string of the molecule is Cc1nc(C)c(C(C)NCC2(N)CC2)s1. The van der Waals surface area contributed by atoms with Gasteiger partial charge in [-0.15, -0.1) is 11.3 Å². The molecule has 1 saturated carbocycles. The van der Waals surface area contributed by atoms with Gasteiger partial charge in [-0.3, -0.25) is 0 Å². The number of thiazole rings is 1. The molecule has 4 heteroatoms. The Hall–Kier alpha value is -0.450. The number of aromatic nitrogens is 1. The van der Waals surface area contributed by atoms with Gasteiger partial charge in [-0.2, -0.15) is 0 Å². The van der Waals surface area contributed by atoms with Gasteiger partial charge in [-0.25, -0.2) is 4.98 Å². The lowest BCUT2D eigenvalue weighted by Gasteiger charge is -2.16. The molecule has 1 atom stereocenters. The fourth-order valence-electron chi connectivity index (χ4n) is 1.74. The van der Waals surface area contributed by atoms with E-state index in [1.807, 2.05) is 0 Å². The van der Waals surface area contributed by atoms with Crippen LogP contribution in [-0.2, 0) is 0 Å². The maximum Gasteiger partial charge on any atom is 0.0900 e. The first kappa shape index (κ1) is 11.0. The Morgan fingerprint density at radius 1 is 1.53 bits per heavy atom. The lowest BCUT2D eigenvalue weighted by atomic mass is 10.2. The predicted octanol–water partition coefficient (Wildman–Crippen LogP) is 1.90. The van der Waals surface area contributed by atoms with Crippen LogP contribution in [0.1, 0.15) is 41.4 Å². The molecule has 1 unspecified atom stereocenters. The van der Waals surface area contributed by atoms with E-state index in [-0.39, 0.29) is 5.54 Å². The largest absolute Gasteiger partial charge is 0.324 e. The van der Waals surface area contributed by atoms with Crippen molar-refractivity contribution in [1.29, 1.82) is 0 Å². The third-order valence-corrected chi connectivity index (χ3v) is 4.24. The fourth-order valence-corrected chi connectivity index (χ4v) is 2.69. The van der Waals surface area contributed by atoms with Crippen molar-refractivity contribution in [2.45, 2.75) is 45.2 Å². The van der Waals surface area contributed by atoms with Crippen molar-refractivity contribution in [2.75, 3.05) is 6.54 Å². The predicted molar refractivity (Wildman–Crippen MR) is 64.2 cm³/mol. The quantitative estimate of drug-likeness (QED) is 0.823. The highest BCUT2D eigenvalue weighted by molar-refractivity contribution is 7.11. The van der Waals surface area contributed by atoms with Crippen LogP contribution in [0.15, 0.2) is 0 Å². The molecule has 2 rings (SSSR count). The standard InChI is InChI=1S/C11H19N3S/c1-7(13-6-11(12)4-5-11)10-8(2)14-9(3)15-10/h7,13H,4-6,12H2,1-3H3. The Labute approximate surface area is 95.1 Å². The van der Waals surface area contributed by atoms with E-state index in [0.717, 1.165) is 30.1 Å². The van der Waals surface area contributed by atoms with Gasteiger partial charge in [0.25, 0.3) is 0 Å². The average Bonchev–Trinajstić information content (AvgIpc) is 2.80. The Morgan fingerprint density at radius 3 is 2.67 bits per heavy atom. The third kappa shape index (κ3) is 2.56. The Balaban J connectivity index is 1.95. The molecule has 1 aliphatic carbocycles. The zero-order valence-electron chi connectivity index (χ0n) is 9.63. The first-order valence-electron chi connectivity index (χ1n) is 5.46. The summed E-state index contributed by atoms with van der Waals surface area (Å²) in [7, 11) is 0. The minimum absolute atomic E-state index is 0.0852. The number of hydrogen-bond donors (Lipinski definition) is 2. The zero-order chi connectivity index (χ0) is 11.1. The fraction of sp³-hybridized carbons (Fsp3) is 0.727. The smallest absolute Gasteiger partial charge is 0.0900 e. The van der Waals surface area contributed by atoms with E-state index >= 15 is 0 Å². The van der Waals surface area contributed by atoms with Crippen LogP contribution >= 0.6 is 11.3 Å². The summed E-state index contributed by atoms with van der Waals surface area (Å²) in [5, 5.41) is 4.64. The molecule has 3 N–H and O–H groups in total. The van der Waals surface area contributed by atoms with Crippen molar-refractivity contribution in [1.82, 2.24) is 10.3 Å². The molecule has 1 heterocycles. The van der Waals surface area contributed by atoms with Crippen molar-refractivity contribution < 1.29 is 0 Å². The number of rotatable bonds is 4. The summed E-state index contributed by atoms with van der Waals surface area (Å²) in [5.41, 5.74) is 7.28. The molecule has 0 aliphatic heterocycles. The molecule has 1 aliphatic rings. The van der Waals surface area contributed by atoms with Crippen LogP contribution in [0.2, 0.25) is 0 Å². The third-order valence-electron chi connectivity index (χ3n) is 2.99. The van der Waals surface area contributed by atoms with E-state index in [9.17, 15) is 0 Å². The molecule has 0 aromatic carbocycles. The number of nitrogens with two attached hydrogens (primary N) is 1. The maximum absolute atomic E-state index is 6.04. The second-order valence-corrected chi connectivity index (χ2v) is 5.88. The summed E-state index contributed by atoms with van der Waals surface area (Å²) in [6, 6.07) is 0.372. The second kappa shape index (κ2) is 3.85. The second-order valence-electron chi connectivity index (χ2n) is 4.65. The molecule has 84 valence electrons. The normalized spacial score (nSPS) is 20.3. The van der Waals surface area contributed by atoms with Gasteiger partial charge >= 0.3 is 0 Å². The van der Waals surface area contributed by atoms with Gasteiger partial charge in [-0.1, -0.05) is 0 Å². The Kier molecular flexibility index (Phi) is 2.83. The van der Waals surface area contributed by atoms with Crippen LogP contribution in [0.25, 0.3) is 0 Å². The molecule has 1 fully saturated rings. The van der Waals surface area contributed by atoms with E-state index in [2.05, 4.69) is 31.1 Å². The molecule has 3 nitrogen and oxygen atoms in total. The summed E-state index contributed by atoms with van der Waals surface area (Å²) in [6.45, 7) is 7.24. The number of aryl methyl sites for hydroxylation is 2. The zero-order valence-corrected chi connectivity index (χ0v) is 10.4. The molecular formula is C11H19N3S. The van der Waals surface area contributed by atoms with E-state index in [4.69, 9.17) is 5.73 Å². The Bertz CT molecular complexity index is 355. The number of nitrogens with one attached hydrogen (secondary N) is 1. The molecule has 0 bridgehead atoms. The molecule has 1 aromatic heterocycles. The molecule has 0 saturated heterocycles. The van der Waals surface area contributed by atoms with E-state index in [0.29, 0.717) is 6.04 Å². The number of hydrogen-bond acceptors (Lipinski definition) is 4. The average molecular weight is 225 g/mol. The first-order chi connectivity index (χ1) is 7.00. The van der Waals surface area contributed by atoms with E-state index in [1.165, 1.54) is 4.88 Å². The monoisotopic (exact) mass is 225 g/mol. The van der Waals surface area contributed by atoms with Crippen molar-refractivity contribution in [2.24, 2.45) is 5.73 Å². The molecule has 1 aromatic rings. The molecule has 0 radical (unpaired) electrons. The summed E-state index contributed by atoms with van der Waals surface area (Å²) in [5.74, 6) is 0. The minimum atomic E-state index is 0.0852. The molecule has 0 amide bonds. The molecule has 0 spiro atoms. The van der Waals surface area contributed by atoms with E-state index < -0.39 is 0 Å². The van der Waals surface area contributed by atoms with Crippen LogP contribution in [0, 0.1) is 13.8 Å². The van der Waals surface area contributed by atoms with Crippen LogP contribution < -0.4 is 11.1 Å². The summed E-state index contributed by atoms with van der Waals surface area (Å²) < 4.78 is 0. The van der Waals surface area contributed by atoms with Gasteiger partial charge in [0.15, 0.2) is 0 Å². The van der Waals surface area contributed by atoms with E-state index in [1.54, 1.807) is 11.3 Å². The van der Waals surface area contributed by atoms with Crippen LogP contribution in [-0.4, -0.2) is 17.1 Å². The first-order valence-corrected chi connectivity index (χ1v) is 6.28. The minimum Gasteiger partial charge on any atom is -0.324 e. The summed E-state index contributed by atoms with van der Waals surface area (Å²) in [6.07, 6.45) is 2.32. The Morgan fingerprint density at radius 2 is 2.20 bits per heavy atom. The van der Waals surface area contributed by atoms with Gasteiger partial charge < -0.3 is 11.1 Å². The topological polar surface area (TPSA) is 50.9 Å². The summed E-state index contributed by atoms with van der Waals surface area (Å²) in [4.78, 5) is 5.78. The lowest BCUT2D eigenvalue weighted by molar-refractivity contribution is 0.511. The van der Waals surface area contributed by atoms with Gasteiger partial charge in [0.05, 0.1) is 10.7 Å². The highest BCUT2D eigenvalue weighted by atomic mass is 32.1. The van der Waals surface area contributed by atoms with Crippen LogP contribution in [0.4, 0.5) is 0 Å². The highest BCUT2D eigenvalue weighted by Gasteiger charge is 2.38. The van der Waals surface area contributed by atoms with Crippen molar-refractivity contribution in [3.63, 3.8) is 0 Å². The number of nitrogens with zero attached hydrogens (tertiary/aromatic N) is 1. The van der Waals surface area contributed by atoms with Gasteiger partial charge in [0.2, 0.25) is 0 Å². The van der Waals surface area contributed by atoms with Crippen molar-refractivity contribution in [3.05, 3.63) is 15.6 Å².